The van der Waals surface area contributed by atoms with Crippen LogP contribution in [0.1, 0.15) is 19.3 Å². The SMILES string of the molecule is Cl.c1ccc(OCCC2CCCNC2)nc1. The maximum atomic E-state index is 5.57. The molecule has 2 rings (SSSR count). The number of aromatic nitrogens is 1. The maximum Gasteiger partial charge on any atom is 0.213 e. The Morgan fingerprint density at radius 1 is 1.44 bits per heavy atom. The lowest BCUT2D eigenvalue weighted by Crippen LogP contribution is -2.30. The molecule has 0 bridgehead atoms. The van der Waals surface area contributed by atoms with Gasteiger partial charge in [0.05, 0.1) is 6.61 Å². The number of halogens is 1. The number of piperidine rings is 1. The molecule has 3 nitrogen and oxygen atoms in total. The van der Waals surface area contributed by atoms with E-state index in [9.17, 15) is 0 Å². The molecule has 1 aromatic rings. The number of pyridine rings is 1. The molecule has 1 aliphatic rings. The van der Waals surface area contributed by atoms with Gasteiger partial charge in [0, 0.05) is 12.3 Å². The number of nitrogens with zero attached hydrogens (tertiary/aromatic N) is 1. The zero-order valence-electron chi connectivity index (χ0n) is 9.39. The van der Waals surface area contributed by atoms with Crippen LogP contribution in [0.3, 0.4) is 0 Å². The van der Waals surface area contributed by atoms with Gasteiger partial charge in [0.25, 0.3) is 0 Å². The predicted octanol–water partition coefficient (Wildman–Crippen LogP) is 2.27. The van der Waals surface area contributed by atoms with Crippen LogP contribution in [0, 0.1) is 5.92 Å². The maximum absolute atomic E-state index is 5.57. The van der Waals surface area contributed by atoms with Gasteiger partial charge in [-0.1, -0.05) is 6.07 Å². The third-order valence-electron chi connectivity index (χ3n) is 2.81. The van der Waals surface area contributed by atoms with E-state index in [1.54, 1.807) is 6.20 Å². The van der Waals surface area contributed by atoms with Crippen LogP contribution in [0.4, 0.5) is 0 Å². The number of rotatable bonds is 4. The van der Waals surface area contributed by atoms with Crippen LogP contribution in [0.25, 0.3) is 0 Å². The van der Waals surface area contributed by atoms with E-state index in [0.717, 1.165) is 31.4 Å². The smallest absolute Gasteiger partial charge is 0.213 e. The fraction of sp³-hybridized carbons (Fsp3) is 0.583. The molecule has 0 aromatic carbocycles. The molecular weight excluding hydrogens is 224 g/mol. The van der Waals surface area contributed by atoms with Crippen molar-refractivity contribution in [2.75, 3.05) is 19.7 Å². The molecule has 1 atom stereocenters. The summed E-state index contributed by atoms with van der Waals surface area (Å²) in [4.78, 5) is 4.12. The highest BCUT2D eigenvalue weighted by Gasteiger charge is 2.12. The molecule has 16 heavy (non-hydrogen) atoms. The van der Waals surface area contributed by atoms with Crippen LogP contribution in [0.15, 0.2) is 24.4 Å². The molecule has 0 radical (unpaired) electrons. The van der Waals surface area contributed by atoms with E-state index in [1.165, 1.54) is 19.4 Å². The molecule has 1 aromatic heterocycles. The van der Waals surface area contributed by atoms with Crippen molar-refractivity contribution in [3.8, 4) is 5.88 Å². The quantitative estimate of drug-likeness (QED) is 0.880. The van der Waals surface area contributed by atoms with Crippen molar-refractivity contribution >= 4 is 12.4 Å². The molecule has 2 heterocycles. The first kappa shape index (κ1) is 13.3. The van der Waals surface area contributed by atoms with E-state index < -0.39 is 0 Å². The third kappa shape index (κ3) is 4.37. The van der Waals surface area contributed by atoms with Crippen molar-refractivity contribution < 1.29 is 4.74 Å². The highest BCUT2D eigenvalue weighted by molar-refractivity contribution is 5.85. The van der Waals surface area contributed by atoms with Gasteiger partial charge in [-0.05, 0) is 44.3 Å². The summed E-state index contributed by atoms with van der Waals surface area (Å²) in [7, 11) is 0. The second-order valence-corrected chi connectivity index (χ2v) is 4.02. The van der Waals surface area contributed by atoms with Crippen LogP contribution in [0.2, 0.25) is 0 Å². The largest absolute Gasteiger partial charge is 0.478 e. The van der Waals surface area contributed by atoms with Gasteiger partial charge in [-0.2, -0.15) is 0 Å². The van der Waals surface area contributed by atoms with Crippen LogP contribution in [-0.2, 0) is 0 Å². The van der Waals surface area contributed by atoms with Gasteiger partial charge in [0.2, 0.25) is 5.88 Å². The first-order valence-electron chi connectivity index (χ1n) is 5.70. The lowest BCUT2D eigenvalue weighted by Gasteiger charge is -2.22. The summed E-state index contributed by atoms with van der Waals surface area (Å²) < 4.78 is 5.57. The Balaban J connectivity index is 0.00000128. The topological polar surface area (TPSA) is 34.1 Å². The standard InChI is InChI=1S/C12H18N2O.ClH/c1-2-8-14-12(5-1)15-9-6-11-4-3-7-13-10-11;/h1-2,5,8,11,13H,3-4,6-7,9-10H2;1H. The molecule has 0 saturated carbocycles. The van der Waals surface area contributed by atoms with Crippen molar-refractivity contribution in [1.82, 2.24) is 10.3 Å². The van der Waals surface area contributed by atoms with Gasteiger partial charge in [-0.15, -0.1) is 12.4 Å². The number of hydrogen-bond donors (Lipinski definition) is 1. The third-order valence-corrected chi connectivity index (χ3v) is 2.81. The zero-order chi connectivity index (χ0) is 10.3. The summed E-state index contributed by atoms with van der Waals surface area (Å²) in [6, 6.07) is 5.75. The lowest BCUT2D eigenvalue weighted by molar-refractivity contribution is 0.247. The van der Waals surface area contributed by atoms with E-state index in [4.69, 9.17) is 4.74 Å². The monoisotopic (exact) mass is 242 g/mol. The Bertz CT molecular complexity index is 276. The van der Waals surface area contributed by atoms with Crippen molar-refractivity contribution in [2.24, 2.45) is 5.92 Å². The Morgan fingerprint density at radius 3 is 3.06 bits per heavy atom. The normalized spacial score (nSPS) is 19.9. The molecule has 1 unspecified atom stereocenters. The molecule has 0 amide bonds. The highest BCUT2D eigenvalue weighted by Crippen LogP contribution is 2.14. The number of nitrogens with one attached hydrogen (secondary N) is 1. The Kier molecular flexibility index (Phi) is 6.19. The van der Waals surface area contributed by atoms with Crippen LogP contribution in [-0.4, -0.2) is 24.7 Å². The molecule has 1 N–H and O–H groups in total. The van der Waals surface area contributed by atoms with Gasteiger partial charge in [0.1, 0.15) is 0 Å². The zero-order valence-corrected chi connectivity index (χ0v) is 10.2. The summed E-state index contributed by atoms with van der Waals surface area (Å²) in [6.45, 7) is 3.10. The molecule has 1 aliphatic heterocycles. The fourth-order valence-corrected chi connectivity index (χ4v) is 1.93. The minimum Gasteiger partial charge on any atom is -0.478 e. The first-order valence-corrected chi connectivity index (χ1v) is 5.70. The van der Waals surface area contributed by atoms with E-state index in [1.807, 2.05) is 18.2 Å². The molecule has 90 valence electrons. The van der Waals surface area contributed by atoms with Gasteiger partial charge in [-0.25, -0.2) is 4.98 Å². The average Bonchev–Trinajstić information content (AvgIpc) is 2.32. The van der Waals surface area contributed by atoms with E-state index in [0.29, 0.717) is 0 Å². The first-order chi connectivity index (χ1) is 7.45. The van der Waals surface area contributed by atoms with Crippen LogP contribution < -0.4 is 10.1 Å². The summed E-state index contributed by atoms with van der Waals surface area (Å²) in [5.41, 5.74) is 0. The van der Waals surface area contributed by atoms with Gasteiger partial charge in [0.15, 0.2) is 0 Å². The molecule has 0 aliphatic carbocycles. The Morgan fingerprint density at radius 2 is 2.38 bits per heavy atom. The van der Waals surface area contributed by atoms with Crippen molar-refractivity contribution in [2.45, 2.75) is 19.3 Å². The van der Waals surface area contributed by atoms with Crippen LogP contribution >= 0.6 is 12.4 Å². The molecule has 0 spiro atoms. The minimum absolute atomic E-state index is 0. The van der Waals surface area contributed by atoms with Crippen molar-refractivity contribution in [3.05, 3.63) is 24.4 Å². The summed E-state index contributed by atoms with van der Waals surface area (Å²) in [6.07, 6.45) is 5.52. The van der Waals surface area contributed by atoms with Gasteiger partial charge in [-0.3, -0.25) is 0 Å². The number of ether oxygens (including phenoxy) is 1. The second kappa shape index (κ2) is 7.47. The summed E-state index contributed by atoms with van der Waals surface area (Å²) in [5.74, 6) is 1.52. The average molecular weight is 243 g/mol. The molecule has 1 saturated heterocycles. The van der Waals surface area contributed by atoms with E-state index >= 15 is 0 Å². The van der Waals surface area contributed by atoms with Crippen molar-refractivity contribution in [3.63, 3.8) is 0 Å². The molecular formula is C12H19ClN2O. The predicted molar refractivity (Wildman–Crippen MR) is 67.2 cm³/mol. The van der Waals surface area contributed by atoms with E-state index in [-0.39, 0.29) is 12.4 Å². The summed E-state index contributed by atoms with van der Waals surface area (Å²) in [5, 5.41) is 3.41. The Hall–Kier alpha value is -0.800. The minimum atomic E-state index is 0. The fourth-order valence-electron chi connectivity index (χ4n) is 1.93. The van der Waals surface area contributed by atoms with E-state index in [2.05, 4.69) is 10.3 Å². The highest BCUT2D eigenvalue weighted by atomic mass is 35.5. The Labute approximate surface area is 103 Å². The lowest BCUT2D eigenvalue weighted by atomic mass is 9.97. The van der Waals surface area contributed by atoms with Gasteiger partial charge >= 0.3 is 0 Å². The second-order valence-electron chi connectivity index (χ2n) is 4.02. The molecule has 4 heteroatoms. The van der Waals surface area contributed by atoms with Crippen molar-refractivity contribution in [1.29, 1.82) is 0 Å². The van der Waals surface area contributed by atoms with Gasteiger partial charge < -0.3 is 10.1 Å². The molecule has 1 fully saturated rings. The number of hydrogen-bond acceptors (Lipinski definition) is 3. The summed E-state index contributed by atoms with van der Waals surface area (Å²) >= 11 is 0. The van der Waals surface area contributed by atoms with Crippen LogP contribution in [0.5, 0.6) is 5.88 Å².